The number of rotatable bonds is 4. The first-order valence-electron chi connectivity index (χ1n) is 7.85. The molecule has 0 bridgehead atoms. The Balaban J connectivity index is 2.24. The van der Waals surface area contributed by atoms with Gasteiger partial charge in [-0.3, -0.25) is 4.79 Å². The Bertz CT molecular complexity index is 510. The van der Waals surface area contributed by atoms with E-state index in [1.165, 1.54) is 12.8 Å². The van der Waals surface area contributed by atoms with Crippen LogP contribution < -0.4 is 4.74 Å². The molecular formula is C18H25BrO2. The summed E-state index contributed by atoms with van der Waals surface area (Å²) >= 11 is 3.43. The lowest BCUT2D eigenvalue weighted by molar-refractivity contribution is 0.0452. The summed E-state index contributed by atoms with van der Waals surface area (Å²) in [4.78, 5) is 11.8. The van der Waals surface area contributed by atoms with Gasteiger partial charge in [-0.1, -0.05) is 43.1 Å². The molecule has 1 aliphatic carbocycles. The lowest BCUT2D eigenvalue weighted by Crippen LogP contribution is -2.36. The van der Waals surface area contributed by atoms with E-state index in [1.807, 2.05) is 18.2 Å². The monoisotopic (exact) mass is 352 g/mol. The third-order valence-electron chi connectivity index (χ3n) is 4.56. The van der Waals surface area contributed by atoms with Crippen LogP contribution in [-0.2, 0) is 0 Å². The highest BCUT2D eigenvalue weighted by Gasteiger charge is 2.32. The Hall–Kier alpha value is -0.830. The van der Waals surface area contributed by atoms with Crippen LogP contribution in [-0.4, -0.2) is 11.9 Å². The Labute approximate surface area is 136 Å². The van der Waals surface area contributed by atoms with Crippen LogP contribution in [0.4, 0.5) is 0 Å². The molecule has 3 unspecified atom stereocenters. The molecule has 0 spiro atoms. The van der Waals surface area contributed by atoms with Gasteiger partial charge in [0, 0.05) is 4.47 Å². The molecule has 3 heteroatoms. The summed E-state index contributed by atoms with van der Waals surface area (Å²) in [5, 5.41) is 0. The van der Waals surface area contributed by atoms with Crippen LogP contribution in [0.5, 0.6) is 5.75 Å². The minimum absolute atomic E-state index is 0.0521. The molecule has 0 N–H and O–H groups in total. The van der Waals surface area contributed by atoms with Crippen molar-refractivity contribution in [2.24, 2.45) is 17.8 Å². The molecule has 0 aromatic heterocycles. The van der Waals surface area contributed by atoms with Gasteiger partial charge in [0.1, 0.15) is 11.9 Å². The van der Waals surface area contributed by atoms with Crippen LogP contribution in [0, 0.1) is 17.8 Å². The van der Waals surface area contributed by atoms with Crippen molar-refractivity contribution in [1.29, 1.82) is 0 Å². The highest BCUT2D eigenvalue weighted by molar-refractivity contribution is 9.10. The van der Waals surface area contributed by atoms with E-state index in [9.17, 15) is 4.79 Å². The van der Waals surface area contributed by atoms with Gasteiger partial charge in [0.15, 0.2) is 5.78 Å². The van der Waals surface area contributed by atoms with Crippen LogP contribution in [0.15, 0.2) is 22.7 Å². The molecule has 1 aromatic rings. The summed E-state index contributed by atoms with van der Waals surface area (Å²) in [5.41, 5.74) is 0.671. The second-order valence-corrected chi connectivity index (χ2v) is 7.59. The van der Waals surface area contributed by atoms with Gasteiger partial charge in [0.25, 0.3) is 0 Å². The third kappa shape index (κ3) is 4.09. The maximum atomic E-state index is 11.8. The smallest absolute Gasteiger partial charge is 0.163 e. The lowest BCUT2D eigenvalue weighted by Gasteiger charge is -2.37. The van der Waals surface area contributed by atoms with Crippen molar-refractivity contribution in [2.45, 2.75) is 53.1 Å². The van der Waals surface area contributed by atoms with Crippen molar-refractivity contribution in [3.8, 4) is 5.75 Å². The number of hydrogen-bond acceptors (Lipinski definition) is 2. The summed E-state index contributed by atoms with van der Waals surface area (Å²) in [6.45, 7) is 8.42. The van der Waals surface area contributed by atoms with Gasteiger partial charge < -0.3 is 4.74 Å². The van der Waals surface area contributed by atoms with Crippen LogP contribution in [0.2, 0.25) is 0 Å². The summed E-state index contributed by atoms with van der Waals surface area (Å²) in [6.07, 6.45) is 3.79. The molecule has 116 valence electrons. The quantitative estimate of drug-likeness (QED) is 0.669. The van der Waals surface area contributed by atoms with Crippen molar-refractivity contribution in [2.75, 3.05) is 0 Å². The van der Waals surface area contributed by atoms with E-state index in [2.05, 4.69) is 36.7 Å². The van der Waals surface area contributed by atoms with Crippen molar-refractivity contribution in [3.63, 3.8) is 0 Å². The number of ether oxygens (including phenoxy) is 1. The normalized spacial score (nSPS) is 25.9. The van der Waals surface area contributed by atoms with Crippen molar-refractivity contribution in [3.05, 3.63) is 28.2 Å². The molecule has 0 heterocycles. The van der Waals surface area contributed by atoms with Crippen LogP contribution in [0.1, 0.15) is 57.3 Å². The molecule has 3 atom stereocenters. The molecular weight excluding hydrogens is 328 g/mol. The Morgan fingerprint density at radius 3 is 2.67 bits per heavy atom. The Morgan fingerprint density at radius 1 is 1.33 bits per heavy atom. The van der Waals surface area contributed by atoms with Gasteiger partial charge in [-0.2, -0.15) is 0 Å². The third-order valence-corrected chi connectivity index (χ3v) is 5.05. The van der Waals surface area contributed by atoms with Crippen LogP contribution in [0.3, 0.4) is 0 Å². The molecule has 2 rings (SSSR count). The number of carbonyl (C=O) groups excluding carboxylic acids is 1. The molecule has 0 radical (unpaired) electrons. The minimum Gasteiger partial charge on any atom is -0.489 e. The number of halogens is 1. The second kappa shape index (κ2) is 6.95. The van der Waals surface area contributed by atoms with Gasteiger partial charge in [-0.25, -0.2) is 0 Å². The van der Waals surface area contributed by atoms with E-state index >= 15 is 0 Å². The Morgan fingerprint density at radius 2 is 2.05 bits per heavy atom. The van der Waals surface area contributed by atoms with E-state index in [-0.39, 0.29) is 11.9 Å². The first-order valence-corrected chi connectivity index (χ1v) is 8.65. The zero-order valence-electron chi connectivity index (χ0n) is 13.4. The van der Waals surface area contributed by atoms with Gasteiger partial charge in [-0.05, 0) is 55.7 Å². The summed E-state index contributed by atoms with van der Waals surface area (Å²) in [5.74, 6) is 2.66. The number of benzene rings is 1. The van der Waals surface area contributed by atoms with Crippen LogP contribution in [0.25, 0.3) is 0 Å². The average Bonchev–Trinajstić information content (AvgIpc) is 2.40. The number of hydrogen-bond donors (Lipinski definition) is 0. The SMILES string of the molecule is CC(=O)c1cc(Br)ccc1OC1CC(C)CCC1C(C)C. The van der Waals surface area contributed by atoms with Gasteiger partial charge in [0.05, 0.1) is 5.56 Å². The van der Waals surface area contributed by atoms with Crippen LogP contribution >= 0.6 is 15.9 Å². The summed E-state index contributed by atoms with van der Waals surface area (Å²) < 4.78 is 7.22. The fraction of sp³-hybridized carbons (Fsp3) is 0.611. The van der Waals surface area contributed by atoms with Crippen molar-refractivity contribution in [1.82, 2.24) is 0 Å². The van der Waals surface area contributed by atoms with E-state index in [0.717, 1.165) is 16.6 Å². The van der Waals surface area contributed by atoms with Gasteiger partial charge in [-0.15, -0.1) is 0 Å². The van der Waals surface area contributed by atoms with E-state index in [1.54, 1.807) is 6.92 Å². The highest BCUT2D eigenvalue weighted by atomic mass is 79.9. The summed E-state index contributed by atoms with van der Waals surface area (Å²) in [7, 11) is 0. The highest BCUT2D eigenvalue weighted by Crippen LogP contribution is 2.37. The molecule has 1 aromatic carbocycles. The predicted octanol–water partition coefficient (Wildman–Crippen LogP) is 5.49. The standard InChI is InChI=1S/C18H25BrO2/c1-11(2)15-7-5-12(3)9-18(15)21-17-8-6-14(19)10-16(17)13(4)20/h6,8,10-12,15,18H,5,7,9H2,1-4H3. The minimum atomic E-state index is 0.0521. The molecule has 0 aliphatic heterocycles. The predicted molar refractivity (Wildman–Crippen MR) is 89.9 cm³/mol. The summed E-state index contributed by atoms with van der Waals surface area (Å²) in [6, 6.07) is 5.71. The van der Waals surface area contributed by atoms with Crippen molar-refractivity contribution < 1.29 is 9.53 Å². The first kappa shape index (κ1) is 16.5. The van der Waals surface area contributed by atoms with Gasteiger partial charge in [0.2, 0.25) is 0 Å². The molecule has 1 fully saturated rings. The molecule has 2 nitrogen and oxygen atoms in total. The fourth-order valence-corrected chi connectivity index (χ4v) is 3.65. The molecule has 1 saturated carbocycles. The number of ketones is 1. The van der Waals surface area contributed by atoms with Crippen molar-refractivity contribution >= 4 is 21.7 Å². The zero-order chi connectivity index (χ0) is 15.6. The second-order valence-electron chi connectivity index (χ2n) is 6.68. The molecule has 1 aliphatic rings. The van der Waals surface area contributed by atoms with E-state index < -0.39 is 0 Å². The Kier molecular flexibility index (Phi) is 5.48. The lowest BCUT2D eigenvalue weighted by atomic mass is 9.75. The van der Waals surface area contributed by atoms with E-state index in [4.69, 9.17) is 4.74 Å². The maximum absolute atomic E-state index is 11.8. The van der Waals surface area contributed by atoms with Gasteiger partial charge >= 0.3 is 0 Å². The largest absolute Gasteiger partial charge is 0.489 e. The molecule has 21 heavy (non-hydrogen) atoms. The first-order chi connectivity index (χ1) is 9.88. The zero-order valence-corrected chi connectivity index (χ0v) is 14.9. The molecule has 0 amide bonds. The molecule has 0 saturated heterocycles. The average molecular weight is 353 g/mol. The van der Waals surface area contributed by atoms with E-state index in [0.29, 0.717) is 23.3 Å². The fourth-order valence-electron chi connectivity index (χ4n) is 3.29. The number of carbonyl (C=O) groups is 1. The topological polar surface area (TPSA) is 26.3 Å². The maximum Gasteiger partial charge on any atom is 0.163 e. The number of Topliss-reactive ketones (excluding diaryl/α,β-unsaturated/α-hetero) is 1.